The molecule has 2 aromatic carbocycles. The molecule has 2 aromatic rings. The highest BCUT2D eigenvalue weighted by Gasteiger charge is 2.39. The van der Waals surface area contributed by atoms with E-state index in [1.165, 1.54) is 4.90 Å². The van der Waals surface area contributed by atoms with E-state index in [1.807, 2.05) is 48.5 Å². The van der Waals surface area contributed by atoms with Crippen LogP contribution >= 0.6 is 0 Å². The minimum Gasteiger partial charge on any atom is -0.497 e. The predicted octanol–water partition coefficient (Wildman–Crippen LogP) is 2.77. The molecule has 2 aliphatic heterocycles. The summed E-state index contributed by atoms with van der Waals surface area (Å²) in [4.78, 5) is 1.41. The molecule has 2 aliphatic rings. The van der Waals surface area contributed by atoms with Gasteiger partial charge in [0.05, 0.1) is 26.7 Å². The largest absolute Gasteiger partial charge is 0.497 e. The monoisotopic (exact) mass is 430 g/mol. The maximum atomic E-state index is 9.91. The van der Waals surface area contributed by atoms with Crippen molar-refractivity contribution in [1.82, 2.24) is 0 Å². The molecule has 6 heteroatoms. The van der Waals surface area contributed by atoms with Gasteiger partial charge in [-0.2, -0.15) is 5.26 Å². The lowest BCUT2D eigenvalue weighted by molar-refractivity contribution is -0.890. The second kappa shape index (κ2) is 9.21. The number of quaternary nitrogens is 1. The third-order valence-corrected chi connectivity index (χ3v) is 6.11. The fourth-order valence-electron chi connectivity index (χ4n) is 4.37. The zero-order valence-electron chi connectivity index (χ0n) is 18.6. The summed E-state index contributed by atoms with van der Waals surface area (Å²) < 4.78 is 16.7. The van der Waals surface area contributed by atoms with E-state index in [0.717, 1.165) is 59.2 Å². The maximum absolute atomic E-state index is 9.91. The number of nitrogens with one attached hydrogen (secondary N) is 1. The Balaban J connectivity index is 1.82. The Bertz CT molecular complexity index is 1120. The third kappa shape index (κ3) is 4.08. The molecule has 164 valence electrons. The molecule has 3 N–H and O–H groups in total. The first-order valence-corrected chi connectivity index (χ1v) is 10.7. The predicted molar refractivity (Wildman–Crippen MR) is 123 cm³/mol. The van der Waals surface area contributed by atoms with Gasteiger partial charge in [0.1, 0.15) is 42.0 Å². The van der Waals surface area contributed by atoms with E-state index in [1.54, 1.807) is 14.2 Å². The molecule has 0 saturated heterocycles. The molecule has 0 aromatic heterocycles. The summed E-state index contributed by atoms with van der Waals surface area (Å²) in [5.41, 5.74) is 10.9. The average molecular weight is 431 g/mol. The molecule has 0 amide bonds. The van der Waals surface area contributed by atoms with Gasteiger partial charge in [-0.15, -0.1) is 0 Å². The van der Waals surface area contributed by atoms with Gasteiger partial charge in [0.25, 0.3) is 0 Å². The van der Waals surface area contributed by atoms with Gasteiger partial charge in [0.15, 0.2) is 0 Å². The number of methoxy groups -OCH3 is 2. The second-order valence-corrected chi connectivity index (χ2v) is 7.95. The topological polar surface area (TPSA) is 81.9 Å². The van der Waals surface area contributed by atoms with Gasteiger partial charge in [-0.25, -0.2) is 0 Å². The number of hydrogen-bond donors (Lipinski definition) is 2. The Morgan fingerprint density at radius 3 is 2.25 bits per heavy atom. The van der Waals surface area contributed by atoms with Gasteiger partial charge < -0.3 is 24.8 Å². The molecular formula is C26H28N3O3+. The van der Waals surface area contributed by atoms with Crippen LogP contribution in [0.3, 0.4) is 0 Å². The minimum atomic E-state index is -0.240. The van der Waals surface area contributed by atoms with Crippen LogP contribution < -0.4 is 20.1 Å². The van der Waals surface area contributed by atoms with Crippen LogP contribution in [0, 0.1) is 11.3 Å². The smallest absolute Gasteiger partial charge is 0.205 e. The zero-order chi connectivity index (χ0) is 22.7. The number of allylic oxidation sites excluding steroid dienone is 1. The molecule has 2 heterocycles. The van der Waals surface area contributed by atoms with Crippen LogP contribution in [0.1, 0.15) is 24.0 Å². The number of likely N-dealkylation sites (N-methyl/N-ethyl adjacent to an activating group) is 1. The molecule has 1 unspecified atom stereocenters. The fourth-order valence-corrected chi connectivity index (χ4v) is 4.37. The fraction of sp³-hybridized carbons (Fsp3) is 0.269. The van der Waals surface area contributed by atoms with Crippen molar-refractivity contribution in [1.29, 1.82) is 5.26 Å². The summed E-state index contributed by atoms with van der Waals surface area (Å²) in [6.07, 6.45) is 2.14. The molecule has 6 nitrogen and oxygen atoms in total. The van der Waals surface area contributed by atoms with Crippen LogP contribution in [0.15, 0.2) is 76.9 Å². The number of ether oxygens (including phenoxy) is 3. The third-order valence-electron chi connectivity index (χ3n) is 6.11. The van der Waals surface area contributed by atoms with Gasteiger partial charge in [0, 0.05) is 11.1 Å². The Morgan fingerprint density at radius 2 is 1.69 bits per heavy atom. The first-order chi connectivity index (χ1) is 15.6. The van der Waals surface area contributed by atoms with E-state index in [-0.39, 0.29) is 11.8 Å². The summed E-state index contributed by atoms with van der Waals surface area (Å²) in [5.74, 6) is 2.31. The van der Waals surface area contributed by atoms with Crippen LogP contribution in [-0.4, -0.2) is 33.9 Å². The molecule has 2 atom stereocenters. The van der Waals surface area contributed by atoms with Gasteiger partial charge in [0.2, 0.25) is 5.88 Å². The normalized spacial score (nSPS) is 21.6. The molecule has 0 spiro atoms. The lowest BCUT2D eigenvalue weighted by atomic mass is 9.80. The molecule has 0 saturated carbocycles. The second-order valence-electron chi connectivity index (χ2n) is 7.95. The number of benzene rings is 2. The summed E-state index contributed by atoms with van der Waals surface area (Å²) in [6.45, 7) is 4.76. The van der Waals surface area contributed by atoms with Crippen LogP contribution in [0.25, 0.3) is 6.08 Å². The first kappa shape index (κ1) is 21.5. The molecule has 0 fully saturated rings. The van der Waals surface area contributed by atoms with E-state index in [9.17, 15) is 5.26 Å². The lowest BCUT2D eigenvalue weighted by Crippen LogP contribution is -3.12. The van der Waals surface area contributed by atoms with Crippen molar-refractivity contribution in [2.75, 3.05) is 33.9 Å². The van der Waals surface area contributed by atoms with Crippen LogP contribution in [0.2, 0.25) is 0 Å². The molecule has 0 radical (unpaired) electrons. The molecule has 4 rings (SSSR count). The molecular weight excluding hydrogens is 402 g/mol. The molecule has 32 heavy (non-hydrogen) atoms. The Labute approximate surface area is 188 Å². The number of nitrogens with two attached hydrogens (primary N) is 1. The SMILES string of the molecule is CC[NH+]1CC2=C(OC(N)=C(C#N)[C@H]2c2ccc(OC)cc2)/C(=C/c2ccc(OC)cc2)C1. The summed E-state index contributed by atoms with van der Waals surface area (Å²) >= 11 is 0. The highest BCUT2D eigenvalue weighted by Crippen LogP contribution is 2.42. The van der Waals surface area contributed by atoms with Crippen molar-refractivity contribution in [2.45, 2.75) is 12.8 Å². The van der Waals surface area contributed by atoms with Crippen LogP contribution in [-0.2, 0) is 4.74 Å². The van der Waals surface area contributed by atoms with Gasteiger partial charge in [-0.1, -0.05) is 24.3 Å². The maximum Gasteiger partial charge on any atom is 0.205 e. The average Bonchev–Trinajstić information content (AvgIpc) is 2.84. The zero-order valence-corrected chi connectivity index (χ0v) is 18.6. The van der Waals surface area contributed by atoms with E-state index < -0.39 is 0 Å². The minimum absolute atomic E-state index is 0.174. The standard InChI is InChI=1S/C26H27N3O3/c1-4-29-15-19(13-17-5-9-20(30-2)10-6-17)25-23(16-29)24(22(14-27)26(28)32-25)18-7-11-21(31-3)12-8-18/h5-13,24H,4,15-16,28H2,1-3H3/p+1/b19-13+/t24-/m1/s1. The van der Waals surface area contributed by atoms with Crippen molar-refractivity contribution >= 4 is 6.08 Å². The Kier molecular flexibility index (Phi) is 6.20. The van der Waals surface area contributed by atoms with E-state index in [0.29, 0.717) is 5.57 Å². The summed E-state index contributed by atoms with van der Waals surface area (Å²) in [7, 11) is 3.30. The molecule has 0 bridgehead atoms. The van der Waals surface area contributed by atoms with E-state index in [2.05, 4.69) is 19.1 Å². The van der Waals surface area contributed by atoms with Crippen LogP contribution in [0.4, 0.5) is 0 Å². The Hall–Kier alpha value is -3.69. The quantitative estimate of drug-likeness (QED) is 0.762. The van der Waals surface area contributed by atoms with Gasteiger partial charge in [-0.05, 0) is 48.4 Å². The van der Waals surface area contributed by atoms with Crippen molar-refractivity contribution in [3.63, 3.8) is 0 Å². The summed E-state index contributed by atoms with van der Waals surface area (Å²) in [5, 5.41) is 9.91. The van der Waals surface area contributed by atoms with Gasteiger partial charge >= 0.3 is 0 Å². The van der Waals surface area contributed by atoms with Crippen molar-refractivity contribution in [2.24, 2.45) is 5.73 Å². The van der Waals surface area contributed by atoms with Crippen LogP contribution in [0.5, 0.6) is 11.5 Å². The number of hydrogen-bond acceptors (Lipinski definition) is 5. The van der Waals surface area contributed by atoms with Gasteiger partial charge in [-0.3, -0.25) is 0 Å². The van der Waals surface area contributed by atoms with Crippen molar-refractivity contribution in [3.05, 3.63) is 88.0 Å². The highest BCUT2D eigenvalue weighted by molar-refractivity contribution is 5.62. The lowest BCUT2D eigenvalue weighted by Gasteiger charge is -2.36. The summed E-state index contributed by atoms with van der Waals surface area (Å²) in [6, 6.07) is 18.1. The Morgan fingerprint density at radius 1 is 1.06 bits per heavy atom. The number of nitrogens with zero attached hydrogens (tertiary/aromatic N) is 1. The molecule has 0 aliphatic carbocycles. The highest BCUT2D eigenvalue weighted by atomic mass is 16.5. The number of nitriles is 1. The van der Waals surface area contributed by atoms with Crippen molar-refractivity contribution in [3.8, 4) is 17.6 Å². The number of rotatable bonds is 5. The van der Waals surface area contributed by atoms with E-state index in [4.69, 9.17) is 19.9 Å². The first-order valence-electron chi connectivity index (χ1n) is 10.7. The van der Waals surface area contributed by atoms with Crippen molar-refractivity contribution < 1.29 is 19.1 Å². The van der Waals surface area contributed by atoms with E-state index >= 15 is 0 Å².